The smallest absolute Gasteiger partial charge is 0.143 e. The molecule has 5 heteroatoms. The fourth-order valence-corrected chi connectivity index (χ4v) is 1.04. The average Bonchev–Trinajstić information content (AvgIpc) is 2.15. The Morgan fingerprint density at radius 2 is 2.14 bits per heavy atom. The van der Waals surface area contributed by atoms with Crippen molar-refractivity contribution in [2.24, 2.45) is 16.8 Å². The molecule has 0 aromatic carbocycles. The van der Waals surface area contributed by atoms with E-state index in [-0.39, 0.29) is 17.9 Å². The predicted octanol–water partition coefficient (Wildman–Crippen LogP) is 0.120. The van der Waals surface area contributed by atoms with Gasteiger partial charge in [0.1, 0.15) is 5.84 Å². The van der Waals surface area contributed by atoms with Crippen molar-refractivity contribution in [2.45, 2.75) is 32.8 Å². The third-order valence-electron chi connectivity index (χ3n) is 2.05. The van der Waals surface area contributed by atoms with Crippen LogP contribution in [0.3, 0.4) is 0 Å². The van der Waals surface area contributed by atoms with Gasteiger partial charge in [-0.1, -0.05) is 12.1 Å². The number of hydrogen-bond donors (Lipinski definition) is 4. The number of aliphatic hydroxyl groups excluding tert-OH is 1. The molecule has 5 N–H and O–H groups in total. The molecule has 84 valence electrons. The van der Waals surface area contributed by atoms with Gasteiger partial charge in [0, 0.05) is 12.5 Å². The lowest BCUT2D eigenvalue weighted by atomic mass is 10.1. The first-order valence-corrected chi connectivity index (χ1v) is 4.94. The summed E-state index contributed by atoms with van der Waals surface area (Å²) in [6.45, 7) is 5.19. The molecule has 0 amide bonds. The Morgan fingerprint density at radius 1 is 1.50 bits per heavy atom. The molecule has 0 rings (SSSR count). The van der Waals surface area contributed by atoms with E-state index in [4.69, 9.17) is 16.0 Å². The number of oxime groups is 1. The third-order valence-corrected chi connectivity index (χ3v) is 2.05. The molecule has 0 bridgehead atoms. The molecule has 0 fully saturated rings. The highest BCUT2D eigenvalue weighted by atomic mass is 16.4. The monoisotopic (exact) mass is 203 g/mol. The van der Waals surface area contributed by atoms with E-state index in [0.29, 0.717) is 6.54 Å². The fraction of sp³-hybridized carbons (Fsp3) is 0.889. The maximum Gasteiger partial charge on any atom is 0.143 e. The van der Waals surface area contributed by atoms with Crippen LogP contribution in [0.25, 0.3) is 0 Å². The van der Waals surface area contributed by atoms with Crippen molar-refractivity contribution in [1.82, 2.24) is 5.32 Å². The Kier molecular flexibility index (Phi) is 7.14. The second-order valence-electron chi connectivity index (χ2n) is 3.62. The molecule has 0 saturated carbocycles. The zero-order valence-corrected chi connectivity index (χ0v) is 8.90. The molecule has 5 nitrogen and oxygen atoms in total. The summed E-state index contributed by atoms with van der Waals surface area (Å²) >= 11 is 0. The molecule has 14 heavy (non-hydrogen) atoms. The topological polar surface area (TPSA) is 90.9 Å². The molecule has 0 heterocycles. The van der Waals surface area contributed by atoms with E-state index < -0.39 is 0 Å². The first-order valence-electron chi connectivity index (χ1n) is 4.94. The summed E-state index contributed by atoms with van der Waals surface area (Å²) in [5.74, 6) is 0.277. The van der Waals surface area contributed by atoms with Gasteiger partial charge in [-0.2, -0.15) is 0 Å². The van der Waals surface area contributed by atoms with Crippen LogP contribution < -0.4 is 11.1 Å². The van der Waals surface area contributed by atoms with Gasteiger partial charge >= 0.3 is 0 Å². The molecule has 0 aliphatic rings. The molecule has 0 saturated heterocycles. The molecule has 0 radical (unpaired) electrons. The number of nitrogens with one attached hydrogen (secondary N) is 1. The van der Waals surface area contributed by atoms with Gasteiger partial charge in [0.15, 0.2) is 0 Å². The highest BCUT2D eigenvalue weighted by Gasteiger charge is 2.06. The second-order valence-corrected chi connectivity index (χ2v) is 3.62. The van der Waals surface area contributed by atoms with Gasteiger partial charge in [0.2, 0.25) is 0 Å². The van der Waals surface area contributed by atoms with Crippen molar-refractivity contribution in [3.05, 3.63) is 0 Å². The average molecular weight is 203 g/mol. The Morgan fingerprint density at radius 3 is 2.64 bits per heavy atom. The molecule has 0 aliphatic carbocycles. The fourth-order valence-electron chi connectivity index (χ4n) is 1.04. The third kappa shape index (κ3) is 6.68. The molecule has 0 aliphatic heterocycles. The van der Waals surface area contributed by atoms with Crippen molar-refractivity contribution in [3.63, 3.8) is 0 Å². The van der Waals surface area contributed by atoms with E-state index in [0.717, 1.165) is 19.4 Å². The number of amidine groups is 1. The SMILES string of the molecule is CC(O)CCCNCC(C)C(N)=NO. The summed E-state index contributed by atoms with van der Waals surface area (Å²) in [6, 6.07) is 0. The molecule has 0 aromatic rings. The molecular formula is C9H21N3O2. The number of aliphatic hydroxyl groups is 1. The minimum absolute atomic E-state index is 0.0338. The van der Waals surface area contributed by atoms with Crippen LogP contribution in [0.15, 0.2) is 5.16 Å². The van der Waals surface area contributed by atoms with Crippen LogP contribution in [-0.4, -0.2) is 35.3 Å². The summed E-state index contributed by atoms with van der Waals surface area (Å²) in [7, 11) is 0. The Bertz CT molecular complexity index is 171. The van der Waals surface area contributed by atoms with Gasteiger partial charge in [-0.25, -0.2) is 0 Å². The lowest BCUT2D eigenvalue weighted by Gasteiger charge is -2.11. The van der Waals surface area contributed by atoms with Crippen molar-refractivity contribution < 1.29 is 10.3 Å². The summed E-state index contributed by atoms with van der Waals surface area (Å²) in [5, 5.41) is 23.5. The molecule has 2 unspecified atom stereocenters. The first-order chi connectivity index (χ1) is 6.57. The summed E-state index contributed by atoms with van der Waals surface area (Å²) in [4.78, 5) is 0. The van der Waals surface area contributed by atoms with Crippen molar-refractivity contribution >= 4 is 5.84 Å². The van der Waals surface area contributed by atoms with Gasteiger partial charge in [0.05, 0.1) is 6.10 Å². The zero-order valence-electron chi connectivity index (χ0n) is 8.90. The standard InChI is InChI=1S/C9H21N3O2/c1-7(9(10)12-14)6-11-5-3-4-8(2)13/h7-8,11,13-14H,3-6H2,1-2H3,(H2,10,12). The highest BCUT2D eigenvalue weighted by Crippen LogP contribution is 1.95. The predicted molar refractivity (Wildman–Crippen MR) is 56.4 cm³/mol. The van der Waals surface area contributed by atoms with Gasteiger partial charge in [-0.15, -0.1) is 0 Å². The van der Waals surface area contributed by atoms with Crippen LogP contribution in [-0.2, 0) is 0 Å². The van der Waals surface area contributed by atoms with E-state index in [9.17, 15) is 0 Å². The minimum atomic E-state index is -0.238. The molecule has 0 spiro atoms. The largest absolute Gasteiger partial charge is 0.409 e. The maximum absolute atomic E-state index is 8.99. The van der Waals surface area contributed by atoms with Crippen molar-refractivity contribution in [1.29, 1.82) is 0 Å². The van der Waals surface area contributed by atoms with E-state index >= 15 is 0 Å². The van der Waals surface area contributed by atoms with Crippen LogP contribution in [0.1, 0.15) is 26.7 Å². The van der Waals surface area contributed by atoms with Gasteiger partial charge in [-0.05, 0) is 26.3 Å². The number of nitrogens with two attached hydrogens (primary N) is 1. The number of rotatable bonds is 7. The lowest BCUT2D eigenvalue weighted by molar-refractivity contribution is 0.181. The minimum Gasteiger partial charge on any atom is -0.409 e. The Hall–Kier alpha value is -0.810. The summed E-state index contributed by atoms with van der Waals surface area (Å²) in [6.07, 6.45) is 1.49. The Balaban J connectivity index is 3.36. The lowest BCUT2D eigenvalue weighted by Crippen LogP contribution is -2.31. The zero-order chi connectivity index (χ0) is 11.0. The maximum atomic E-state index is 8.99. The van der Waals surface area contributed by atoms with E-state index in [1.54, 1.807) is 6.92 Å². The molecule has 2 atom stereocenters. The highest BCUT2D eigenvalue weighted by molar-refractivity contribution is 5.82. The van der Waals surface area contributed by atoms with Crippen molar-refractivity contribution in [2.75, 3.05) is 13.1 Å². The van der Waals surface area contributed by atoms with Crippen LogP contribution in [0.5, 0.6) is 0 Å². The Labute approximate surface area is 85.0 Å². The van der Waals surface area contributed by atoms with Crippen LogP contribution in [0.4, 0.5) is 0 Å². The normalized spacial score (nSPS) is 16.6. The van der Waals surface area contributed by atoms with Crippen LogP contribution >= 0.6 is 0 Å². The second kappa shape index (κ2) is 7.58. The van der Waals surface area contributed by atoms with Crippen molar-refractivity contribution in [3.8, 4) is 0 Å². The van der Waals surface area contributed by atoms with E-state index in [1.165, 1.54) is 0 Å². The number of nitrogens with zero attached hydrogens (tertiary/aromatic N) is 1. The number of hydrogen-bond acceptors (Lipinski definition) is 4. The quantitative estimate of drug-likeness (QED) is 0.155. The van der Waals surface area contributed by atoms with E-state index in [2.05, 4.69) is 10.5 Å². The van der Waals surface area contributed by atoms with Gasteiger partial charge < -0.3 is 21.4 Å². The molecular weight excluding hydrogens is 182 g/mol. The van der Waals surface area contributed by atoms with Crippen LogP contribution in [0, 0.1) is 5.92 Å². The van der Waals surface area contributed by atoms with Gasteiger partial charge in [-0.3, -0.25) is 0 Å². The summed E-state index contributed by atoms with van der Waals surface area (Å²) in [5.41, 5.74) is 5.40. The van der Waals surface area contributed by atoms with E-state index in [1.807, 2.05) is 6.92 Å². The molecule has 0 aromatic heterocycles. The van der Waals surface area contributed by atoms with Gasteiger partial charge in [0.25, 0.3) is 0 Å². The van der Waals surface area contributed by atoms with Crippen LogP contribution in [0.2, 0.25) is 0 Å². The summed E-state index contributed by atoms with van der Waals surface area (Å²) < 4.78 is 0. The first kappa shape index (κ1) is 13.2.